The fourth-order valence-electron chi connectivity index (χ4n) is 9.02. The number of benzene rings is 5. The van der Waals surface area contributed by atoms with Crippen LogP contribution in [0.4, 0.5) is 0 Å². The van der Waals surface area contributed by atoms with Crippen LogP contribution < -0.4 is 9.30 Å². The predicted octanol–water partition coefficient (Wildman–Crippen LogP) is 15.1. The van der Waals surface area contributed by atoms with Crippen LogP contribution in [-0.4, -0.2) is 19.1 Å². The maximum atomic E-state index is 6.64. The molecule has 4 aromatic heterocycles. The third-order valence-electron chi connectivity index (χ3n) is 13.0. The Morgan fingerprint density at radius 2 is 1.16 bits per heavy atom. The molecule has 0 spiro atoms. The van der Waals surface area contributed by atoms with Crippen molar-refractivity contribution in [2.45, 2.75) is 131 Å². The van der Waals surface area contributed by atoms with Gasteiger partial charge in [0.05, 0.1) is 16.7 Å². The molecule has 6 nitrogen and oxygen atoms in total. The first-order valence-electron chi connectivity index (χ1n) is 23.6. The SMILES string of the molecule is CC(C)(C)c1cc(-c2c(-[n+]3[c-]n(-c4[c-]c(Oc5[c-]c6c(cc5)c5ccccc5n6-c5cc(C(C)(C)C)ccn5)cnc4)c4ccccc43)cc(C(C)(C)C)cc2C(C)(C)C)cc(C(C)(C)C)c1.[Pt]. The molecule has 0 aliphatic carbocycles. The zero-order valence-corrected chi connectivity index (χ0v) is 44.8. The molecule has 7 heteroatoms. The van der Waals surface area contributed by atoms with Crippen molar-refractivity contribution in [2.24, 2.45) is 0 Å². The summed E-state index contributed by atoms with van der Waals surface area (Å²) < 4.78 is 13.1. The minimum atomic E-state index is -0.172. The third-order valence-corrected chi connectivity index (χ3v) is 13.0. The molecule has 0 radical (unpaired) electrons. The van der Waals surface area contributed by atoms with Crippen molar-refractivity contribution in [3.63, 3.8) is 0 Å². The second-order valence-corrected chi connectivity index (χ2v) is 23.5. The van der Waals surface area contributed by atoms with E-state index in [0.717, 1.165) is 44.3 Å². The summed E-state index contributed by atoms with van der Waals surface area (Å²) in [5, 5.41) is 2.20. The Hall–Kier alpha value is -5.84. The molecule has 0 aliphatic heterocycles. The fourth-order valence-corrected chi connectivity index (χ4v) is 9.02. The number of para-hydroxylation sites is 3. The molecule has 5 aromatic carbocycles. The van der Waals surface area contributed by atoms with Crippen molar-refractivity contribution < 1.29 is 30.4 Å². The van der Waals surface area contributed by atoms with Crippen LogP contribution in [0.1, 0.15) is 132 Å². The van der Waals surface area contributed by atoms with Gasteiger partial charge in [-0.25, -0.2) is 4.98 Å². The van der Waals surface area contributed by atoms with Gasteiger partial charge in [0, 0.05) is 44.3 Å². The molecule has 0 bridgehead atoms. The number of rotatable bonds is 6. The molecule has 9 aromatic rings. The number of nitrogens with zero attached hydrogens (tertiary/aromatic N) is 5. The minimum Gasteiger partial charge on any atom is -0.508 e. The van der Waals surface area contributed by atoms with Crippen LogP contribution in [-0.2, 0) is 48.1 Å². The smallest absolute Gasteiger partial charge is 0.268 e. The molecular formula is C61H65N5OPt-2. The fraction of sp³-hybridized carbons (Fsp3) is 0.328. The Morgan fingerprint density at radius 1 is 0.544 bits per heavy atom. The molecule has 0 fully saturated rings. The summed E-state index contributed by atoms with van der Waals surface area (Å²) in [4.78, 5) is 9.59. The van der Waals surface area contributed by atoms with E-state index in [1.165, 1.54) is 38.9 Å². The molecule has 0 saturated heterocycles. The molecule has 0 N–H and O–H groups in total. The van der Waals surface area contributed by atoms with Crippen molar-refractivity contribution >= 4 is 32.8 Å². The van der Waals surface area contributed by atoms with Gasteiger partial charge in [0.2, 0.25) is 0 Å². The molecule has 0 saturated carbocycles. The van der Waals surface area contributed by atoms with Gasteiger partial charge in [-0.05, 0) is 108 Å². The maximum absolute atomic E-state index is 6.64. The topological polar surface area (TPSA) is 48.8 Å². The zero-order chi connectivity index (χ0) is 48.0. The zero-order valence-electron chi connectivity index (χ0n) is 42.5. The van der Waals surface area contributed by atoms with Gasteiger partial charge in [-0.15, -0.1) is 23.6 Å². The Kier molecular flexibility index (Phi) is 12.4. The number of aromatic nitrogens is 5. The minimum absolute atomic E-state index is 0. The molecular weight excluding hydrogens is 1010 g/mol. The van der Waals surface area contributed by atoms with Crippen LogP contribution in [0, 0.1) is 18.5 Å². The Labute approximate surface area is 418 Å². The number of fused-ring (bicyclic) bond motifs is 4. The summed E-state index contributed by atoms with van der Waals surface area (Å²) in [6.45, 7) is 34.4. The van der Waals surface area contributed by atoms with Crippen molar-refractivity contribution in [3.05, 3.63) is 168 Å². The van der Waals surface area contributed by atoms with Gasteiger partial charge >= 0.3 is 0 Å². The van der Waals surface area contributed by atoms with E-state index in [1.807, 2.05) is 18.5 Å². The van der Waals surface area contributed by atoms with E-state index >= 15 is 0 Å². The van der Waals surface area contributed by atoms with E-state index in [-0.39, 0.29) is 48.1 Å². The van der Waals surface area contributed by atoms with Crippen LogP contribution in [0.2, 0.25) is 0 Å². The van der Waals surface area contributed by atoms with Crippen molar-refractivity contribution in [1.29, 1.82) is 0 Å². The summed E-state index contributed by atoms with van der Waals surface area (Å²) in [5.74, 6) is 1.87. The Bertz CT molecular complexity index is 3320. The van der Waals surface area contributed by atoms with Gasteiger partial charge in [0.1, 0.15) is 5.82 Å². The first-order chi connectivity index (χ1) is 31.4. The second kappa shape index (κ2) is 17.3. The summed E-state index contributed by atoms with van der Waals surface area (Å²) in [6, 6.07) is 44.6. The van der Waals surface area contributed by atoms with E-state index in [0.29, 0.717) is 17.2 Å². The first kappa shape index (κ1) is 48.6. The van der Waals surface area contributed by atoms with E-state index in [4.69, 9.17) is 14.7 Å². The molecule has 0 unspecified atom stereocenters. The number of ether oxygens (including phenoxy) is 1. The Morgan fingerprint density at radius 3 is 1.81 bits per heavy atom. The molecule has 9 rings (SSSR count). The molecule has 68 heavy (non-hydrogen) atoms. The van der Waals surface area contributed by atoms with Gasteiger partial charge < -0.3 is 18.9 Å². The standard InChI is InChI=1S/C61H65N5O.Pt/c1-57(2,3)40-26-27-63-55(33-40)66-50-21-17-16-20-47(50)48-25-24-45(35-53(48)66)67-46-34-44(36-62-37-46)64-38-65(52-23-19-18-22-51(52)64)54-32-43(60(10,11)12)31-49(61(13,14)15)56(54)39-28-41(58(4,5)6)30-42(29-39)59(7,8)9;/h16-33,36-37H,1-15H3;/q-2;. The van der Waals surface area contributed by atoms with Gasteiger partial charge in [0.15, 0.2) is 0 Å². The molecule has 0 aliphatic rings. The Balaban J connectivity index is 0.00000625. The molecule has 352 valence electrons. The van der Waals surface area contributed by atoms with Crippen LogP contribution in [0.3, 0.4) is 0 Å². The largest absolute Gasteiger partial charge is 0.508 e. The number of imidazole rings is 1. The quantitative estimate of drug-likeness (QED) is 0.123. The van der Waals surface area contributed by atoms with E-state index in [9.17, 15) is 0 Å². The summed E-state index contributed by atoms with van der Waals surface area (Å²) in [6.07, 6.45) is 9.27. The van der Waals surface area contributed by atoms with Gasteiger partial charge in [-0.2, -0.15) is 6.07 Å². The third kappa shape index (κ3) is 9.21. The van der Waals surface area contributed by atoms with Crippen LogP contribution in [0.15, 0.2) is 122 Å². The maximum Gasteiger partial charge on any atom is 0.268 e. The van der Waals surface area contributed by atoms with Crippen molar-refractivity contribution in [3.8, 4) is 39.8 Å². The molecule has 0 amide bonds. The molecule has 0 atom stereocenters. The number of pyridine rings is 2. The van der Waals surface area contributed by atoms with E-state index < -0.39 is 0 Å². The average molecular weight is 1080 g/mol. The van der Waals surface area contributed by atoms with Gasteiger partial charge in [-0.3, -0.25) is 4.57 Å². The van der Waals surface area contributed by atoms with Gasteiger partial charge in [0.25, 0.3) is 6.33 Å². The van der Waals surface area contributed by atoms with E-state index in [1.54, 1.807) is 6.20 Å². The van der Waals surface area contributed by atoms with Crippen LogP contribution in [0.25, 0.3) is 61.2 Å². The van der Waals surface area contributed by atoms with Crippen LogP contribution >= 0.6 is 0 Å². The number of hydrogen-bond donors (Lipinski definition) is 0. The monoisotopic (exact) mass is 1080 g/mol. The van der Waals surface area contributed by atoms with Crippen LogP contribution in [0.5, 0.6) is 11.5 Å². The summed E-state index contributed by atoms with van der Waals surface area (Å²) in [5.41, 5.74) is 14.2. The number of hydrogen-bond acceptors (Lipinski definition) is 3. The van der Waals surface area contributed by atoms with Crippen molar-refractivity contribution in [2.75, 3.05) is 0 Å². The summed E-state index contributed by atoms with van der Waals surface area (Å²) >= 11 is 0. The normalized spacial score (nSPS) is 12.8. The summed E-state index contributed by atoms with van der Waals surface area (Å²) in [7, 11) is 0. The van der Waals surface area contributed by atoms with Crippen molar-refractivity contribution in [1.82, 2.24) is 19.1 Å². The average Bonchev–Trinajstić information content (AvgIpc) is 3.80. The first-order valence-corrected chi connectivity index (χ1v) is 23.6. The van der Waals surface area contributed by atoms with E-state index in [2.05, 4.69) is 233 Å². The van der Waals surface area contributed by atoms with Gasteiger partial charge in [-0.1, -0.05) is 182 Å². The molecule has 4 heterocycles. The second-order valence-electron chi connectivity index (χ2n) is 23.5. The predicted molar refractivity (Wildman–Crippen MR) is 277 cm³/mol.